The Morgan fingerprint density at radius 1 is 1.20 bits per heavy atom. The van der Waals surface area contributed by atoms with Gasteiger partial charge in [-0.3, -0.25) is 9.59 Å². The number of hydrogen-bond donors (Lipinski definition) is 1. The van der Waals surface area contributed by atoms with Crippen molar-refractivity contribution in [2.24, 2.45) is 0 Å². The van der Waals surface area contributed by atoms with Gasteiger partial charge in [-0.2, -0.15) is 4.98 Å². The van der Waals surface area contributed by atoms with Gasteiger partial charge >= 0.3 is 11.8 Å². The summed E-state index contributed by atoms with van der Waals surface area (Å²) in [5.74, 6) is -0.0592. The van der Waals surface area contributed by atoms with Gasteiger partial charge in [0.2, 0.25) is 5.89 Å². The van der Waals surface area contributed by atoms with Gasteiger partial charge in [0.1, 0.15) is 0 Å². The number of amides is 2. The molecular weight excluding hydrogens is 320 g/mol. The van der Waals surface area contributed by atoms with Gasteiger partial charge < -0.3 is 14.7 Å². The summed E-state index contributed by atoms with van der Waals surface area (Å²) in [6.07, 6.45) is 1.67. The lowest BCUT2D eigenvalue weighted by Crippen LogP contribution is -2.44. The Hall–Kier alpha value is -2.70. The molecule has 1 N–H and O–H groups in total. The van der Waals surface area contributed by atoms with Crippen LogP contribution in [0, 0.1) is 20.8 Å². The SMILES string of the molecule is Cc1cc(C)cc(NC(=O)C(=O)N2CCC[C@@H](c3nc(C)no3)C2)c1. The molecule has 7 heteroatoms. The molecule has 2 amide bonds. The van der Waals surface area contributed by atoms with Crippen LogP contribution in [0.2, 0.25) is 0 Å². The molecular formula is C18H22N4O3. The van der Waals surface area contributed by atoms with Gasteiger partial charge in [-0.25, -0.2) is 0 Å². The predicted molar refractivity (Wildman–Crippen MR) is 92.1 cm³/mol. The summed E-state index contributed by atoms with van der Waals surface area (Å²) in [7, 11) is 0. The fourth-order valence-corrected chi connectivity index (χ4v) is 3.22. The van der Waals surface area contributed by atoms with Crippen molar-refractivity contribution < 1.29 is 14.1 Å². The topological polar surface area (TPSA) is 88.3 Å². The van der Waals surface area contributed by atoms with Crippen molar-refractivity contribution in [2.75, 3.05) is 18.4 Å². The summed E-state index contributed by atoms with van der Waals surface area (Å²) in [5, 5.41) is 6.50. The third-order valence-corrected chi connectivity index (χ3v) is 4.27. The van der Waals surface area contributed by atoms with Crippen LogP contribution in [0.4, 0.5) is 5.69 Å². The van der Waals surface area contributed by atoms with Gasteiger partial charge in [0, 0.05) is 18.8 Å². The number of carbonyl (C=O) groups excluding carboxylic acids is 2. The van der Waals surface area contributed by atoms with Crippen LogP contribution in [0.5, 0.6) is 0 Å². The molecule has 0 aliphatic carbocycles. The maximum atomic E-state index is 12.5. The Balaban J connectivity index is 1.66. The summed E-state index contributed by atoms with van der Waals surface area (Å²) in [5.41, 5.74) is 2.71. The quantitative estimate of drug-likeness (QED) is 0.846. The Labute approximate surface area is 146 Å². The lowest BCUT2D eigenvalue weighted by Gasteiger charge is -2.30. The zero-order chi connectivity index (χ0) is 18.0. The molecule has 2 aromatic rings. The van der Waals surface area contributed by atoms with Gasteiger partial charge in [-0.1, -0.05) is 11.2 Å². The molecule has 0 spiro atoms. The first-order valence-electron chi connectivity index (χ1n) is 8.41. The monoisotopic (exact) mass is 342 g/mol. The van der Waals surface area contributed by atoms with Gasteiger partial charge in [0.05, 0.1) is 5.92 Å². The molecule has 1 aromatic heterocycles. The van der Waals surface area contributed by atoms with Crippen LogP contribution >= 0.6 is 0 Å². The average molecular weight is 342 g/mol. The molecule has 0 radical (unpaired) electrons. The first kappa shape index (κ1) is 17.1. The highest BCUT2D eigenvalue weighted by molar-refractivity contribution is 6.39. The van der Waals surface area contributed by atoms with Gasteiger partial charge in [-0.15, -0.1) is 0 Å². The van der Waals surface area contributed by atoms with E-state index in [4.69, 9.17) is 4.52 Å². The number of aromatic nitrogens is 2. The molecule has 1 aliphatic heterocycles. The van der Waals surface area contributed by atoms with Crippen LogP contribution in [0.1, 0.15) is 41.6 Å². The van der Waals surface area contributed by atoms with Crippen molar-refractivity contribution in [2.45, 2.75) is 39.5 Å². The molecule has 132 valence electrons. The Morgan fingerprint density at radius 3 is 2.56 bits per heavy atom. The van der Waals surface area contributed by atoms with E-state index in [2.05, 4.69) is 15.5 Å². The molecule has 2 heterocycles. The number of hydrogen-bond acceptors (Lipinski definition) is 5. The number of nitrogens with one attached hydrogen (secondary N) is 1. The lowest BCUT2D eigenvalue weighted by atomic mass is 9.98. The lowest BCUT2D eigenvalue weighted by molar-refractivity contribution is -0.144. The fraction of sp³-hybridized carbons (Fsp3) is 0.444. The molecule has 1 atom stereocenters. The Bertz CT molecular complexity index is 779. The molecule has 0 unspecified atom stereocenters. The molecule has 1 fully saturated rings. The number of anilines is 1. The summed E-state index contributed by atoms with van der Waals surface area (Å²) in [6, 6.07) is 5.70. The predicted octanol–water partition coefficient (Wildman–Crippen LogP) is 2.34. The second-order valence-electron chi connectivity index (χ2n) is 6.60. The highest BCUT2D eigenvalue weighted by Crippen LogP contribution is 2.26. The second kappa shape index (κ2) is 7.04. The minimum absolute atomic E-state index is 0.0204. The normalized spacial score (nSPS) is 17.4. The zero-order valence-corrected chi connectivity index (χ0v) is 14.7. The van der Waals surface area contributed by atoms with E-state index in [1.165, 1.54) is 0 Å². The first-order chi connectivity index (χ1) is 11.9. The van der Waals surface area contributed by atoms with E-state index in [1.54, 1.807) is 11.8 Å². The molecule has 0 bridgehead atoms. The highest BCUT2D eigenvalue weighted by Gasteiger charge is 2.31. The zero-order valence-electron chi connectivity index (χ0n) is 14.7. The van der Waals surface area contributed by atoms with Gasteiger partial charge in [0.15, 0.2) is 5.82 Å². The number of carbonyl (C=O) groups is 2. The van der Waals surface area contributed by atoms with Crippen molar-refractivity contribution in [3.63, 3.8) is 0 Å². The molecule has 25 heavy (non-hydrogen) atoms. The molecule has 1 aromatic carbocycles. The van der Waals surface area contributed by atoms with E-state index < -0.39 is 11.8 Å². The number of likely N-dealkylation sites (tertiary alicyclic amines) is 1. The van der Waals surface area contributed by atoms with Crippen LogP contribution in [0.3, 0.4) is 0 Å². The minimum Gasteiger partial charge on any atom is -0.339 e. The van der Waals surface area contributed by atoms with Crippen molar-refractivity contribution in [1.82, 2.24) is 15.0 Å². The molecule has 7 nitrogen and oxygen atoms in total. The van der Waals surface area contributed by atoms with E-state index >= 15 is 0 Å². The Kier molecular flexibility index (Phi) is 4.83. The smallest absolute Gasteiger partial charge is 0.313 e. The first-order valence-corrected chi connectivity index (χ1v) is 8.41. The summed E-state index contributed by atoms with van der Waals surface area (Å²) in [4.78, 5) is 30.6. The van der Waals surface area contributed by atoms with Crippen molar-refractivity contribution in [3.8, 4) is 0 Å². The van der Waals surface area contributed by atoms with E-state index in [9.17, 15) is 9.59 Å². The molecule has 1 saturated heterocycles. The number of aryl methyl sites for hydroxylation is 3. The molecule has 1 aliphatic rings. The maximum absolute atomic E-state index is 12.5. The number of rotatable bonds is 2. The standard InChI is InChI=1S/C18H22N4O3/c1-11-7-12(2)9-15(8-11)20-16(23)18(24)22-6-4-5-14(10-22)17-19-13(3)21-25-17/h7-9,14H,4-6,10H2,1-3H3,(H,20,23)/t14-/m1/s1. The van der Waals surface area contributed by atoms with Crippen LogP contribution in [-0.2, 0) is 9.59 Å². The summed E-state index contributed by atoms with van der Waals surface area (Å²) in [6.45, 7) is 6.64. The third-order valence-electron chi connectivity index (χ3n) is 4.27. The van der Waals surface area contributed by atoms with Crippen molar-refractivity contribution in [1.29, 1.82) is 0 Å². The van der Waals surface area contributed by atoms with E-state index in [-0.39, 0.29) is 5.92 Å². The summed E-state index contributed by atoms with van der Waals surface area (Å²) < 4.78 is 5.21. The number of piperidine rings is 1. The summed E-state index contributed by atoms with van der Waals surface area (Å²) >= 11 is 0. The number of benzene rings is 1. The van der Waals surface area contributed by atoms with E-state index in [1.807, 2.05) is 32.0 Å². The van der Waals surface area contributed by atoms with Gasteiger partial charge in [0.25, 0.3) is 0 Å². The minimum atomic E-state index is -0.618. The van der Waals surface area contributed by atoms with Crippen LogP contribution in [0.15, 0.2) is 22.7 Å². The highest BCUT2D eigenvalue weighted by atomic mass is 16.5. The van der Waals surface area contributed by atoms with Crippen LogP contribution in [-0.4, -0.2) is 39.9 Å². The largest absolute Gasteiger partial charge is 0.339 e. The fourth-order valence-electron chi connectivity index (χ4n) is 3.22. The van der Waals surface area contributed by atoms with Crippen molar-refractivity contribution in [3.05, 3.63) is 41.0 Å². The molecule has 3 rings (SSSR count). The van der Waals surface area contributed by atoms with Crippen LogP contribution < -0.4 is 5.32 Å². The Morgan fingerprint density at radius 2 is 1.92 bits per heavy atom. The molecule has 0 saturated carbocycles. The average Bonchev–Trinajstić information content (AvgIpc) is 3.00. The van der Waals surface area contributed by atoms with Crippen molar-refractivity contribution >= 4 is 17.5 Å². The third kappa shape index (κ3) is 4.04. The van der Waals surface area contributed by atoms with Crippen LogP contribution in [0.25, 0.3) is 0 Å². The number of nitrogens with zero attached hydrogens (tertiary/aromatic N) is 3. The maximum Gasteiger partial charge on any atom is 0.313 e. The van der Waals surface area contributed by atoms with E-state index in [0.29, 0.717) is 30.5 Å². The van der Waals surface area contributed by atoms with E-state index in [0.717, 1.165) is 24.0 Å². The van der Waals surface area contributed by atoms with Gasteiger partial charge in [-0.05, 0) is 56.9 Å². The second-order valence-corrected chi connectivity index (χ2v) is 6.60.